The minimum absolute atomic E-state index is 0.0237. The molecule has 3 nitrogen and oxygen atoms in total. The van der Waals surface area contributed by atoms with Crippen molar-refractivity contribution in [2.45, 2.75) is 45.8 Å². The molecule has 0 amide bonds. The number of rotatable bonds is 6. The first-order valence-electron chi connectivity index (χ1n) is 6.75. The number of hydrogen-bond donors (Lipinski definition) is 1. The predicted octanol–water partition coefficient (Wildman–Crippen LogP) is 2.37. The summed E-state index contributed by atoms with van der Waals surface area (Å²) in [4.78, 5) is 2.24. The van der Waals surface area contributed by atoms with Crippen molar-refractivity contribution in [2.24, 2.45) is 0 Å². The summed E-state index contributed by atoms with van der Waals surface area (Å²) in [6.45, 7) is 8.91. The predicted molar refractivity (Wildman–Crippen MR) is 75.7 cm³/mol. The van der Waals surface area contributed by atoms with E-state index in [-0.39, 0.29) is 12.2 Å². The van der Waals surface area contributed by atoms with Crippen LogP contribution in [0.3, 0.4) is 0 Å². The molecule has 1 N–H and O–H groups in total. The van der Waals surface area contributed by atoms with Gasteiger partial charge >= 0.3 is 0 Å². The highest BCUT2D eigenvalue weighted by atomic mass is 16.5. The fourth-order valence-electron chi connectivity index (χ4n) is 2.19. The molecule has 1 aliphatic heterocycles. The molecule has 1 saturated heterocycles. The van der Waals surface area contributed by atoms with Crippen molar-refractivity contribution in [2.75, 3.05) is 26.7 Å². The van der Waals surface area contributed by atoms with Crippen LogP contribution in [0.4, 0.5) is 0 Å². The zero-order valence-corrected chi connectivity index (χ0v) is 12.1. The Morgan fingerprint density at radius 1 is 1.28 bits per heavy atom. The first-order chi connectivity index (χ1) is 8.52. The Bertz CT molecular complexity index is 306. The second kappa shape index (κ2) is 7.72. The molecule has 0 unspecified atom stereocenters. The molecule has 0 aromatic carbocycles. The Kier molecular flexibility index (Phi) is 6.61. The molecule has 1 fully saturated rings. The third kappa shape index (κ3) is 5.34. The molecule has 3 heteroatoms. The second-order valence-electron chi connectivity index (χ2n) is 5.43. The van der Waals surface area contributed by atoms with E-state index in [0.29, 0.717) is 0 Å². The monoisotopic (exact) mass is 253 g/mol. The molecule has 0 spiro atoms. The van der Waals surface area contributed by atoms with E-state index >= 15 is 0 Å². The summed E-state index contributed by atoms with van der Waals surface area (Å²) in [6.07, 6.45) is 6.42. The second-order valence-corrected chi connectivity index (χ2v) is 5.43. The molecule has 2 atom stereocenters. The first-order valence-corrected chi connectivity index (χ1v) is 6.75. The van der Waals surface area contributed by atoms with Gasteiger partial charge in [0.05, 0.1) is 12.2 Å². The Morgan fingerprint density at radius 3 is 2.56 bits per heavy atom. The lowest BCUT2D eigenvalue weighted by atomic mass is 10.1. The first kappa shape index (κ1) is 15.4. The summed E-state index contributed by atoms with van der Waals surface area (Å²) < 4.78 is 5.23. The molecule has 0 aliphatic carbocycles. The summed E-state index contributed by atoms with van der Waals surface area (Å²) in [7, 11) is 1.66. The van der Waals surface area contributed by atoms with Gasteiger partial charge in [0.15, 0.2) is 0 Å². The Morgan fingerprint density at radius 2 is 2.00 bits per heavy atom. The molecule has 0 aromatic rings. The van der Waals surface area contributed by atoms with E-state index in [1.807, 2.05) is 0 Å². The van der Waals surface area contributed by atoms with Gasteiger partial charge in [0.1, 0.15) is 0 Å². The summed E-state index contributed by atoms with van der Waals surface area (Å²) in [5.74, 6) is 0. The SMILES string of the molecule is CO[C@H]1CN(C/C=C(\C)CCC=C(C)C)C[C@@H]1O. The van der Waals surface area contributed by atoms with Gasteiger partial charge in [0, 0.05) is 26.7 Å². The number of methoxy groups -OCH3 is 1. The van der Waals surface area contributed by atoms with E-state index in [9.17, 15) is 5.11 Å². The minimum Gasteiger partial charge on any atom is -0.389 e. The lowest BCUT2D eigenvalue weighted by Gasteiger charge is -2.12. The van der Waals surface area contributed by atoms with E-state index in [1.54, 1.807) is 7.11 Å². The Balaban J connectivity index is 2.29. The highest BCUT2D eigenvalue weighted by molar-refractivity contribution is 5.04. The number of likely N-dealkylation sites (tertiary alicyclic amines) is 1. The fraction of sp³-hybridized carbons (Fsp3) is 0.733. The van der Waals surface area contributed by atoms with Crippen LogP contribution in [0.1, 0.15) is 33.6 Å². The molecule has 104 valence electrons. The van der Waals surface area contributed by atoms with Gasteiger partial charge in [-0.15, -0.1) is 0 Å². The van der Waals surface area contributed by atoms with E-state index in [0.717, 1.165) is 32.5 Å². The van der Waals surface area contributed by atoms with Crippen molar-refractivity contribution in [3.05, 3.63) is 23.3 Å². The maximum atomic E-state index is 9.73. The van der Waals surface area contributed by atoms with Crippen LogP contribution in [-0.2, 0) is 4.74 Å². The molecule has 1 heterocycles. The van der Waals surface area contributed by atoms with Gasteiger partial charge in [-0.3, -0.25) is 4.90 Å². The standard InChI is InChI=1S/C15H27NO2/c1-12(2)6-5-7-13(3)8-9-16-10-14(17)15(11-16)18-4/h6,8,14-15,17H,5,7,9-11H2,1-4H3/b13-8+/t14-,15-/m0/s1. The number of nitrogens with zero attached hydrogens (tertiary/aromatic N) is 1. The minimum atomic E-state index is -0.339. The van der Waals surface area contributed by atoms with Crippen LogP contribution in [-0.4, -0.2) is 49.0 Å². The number of aliphatic hydroxyl groups is 1. The molecule has 1 aliphatic rings. The van der Waals surface area contributed by atoms with E-state index in [4.69, 9.17) is 4.74 Å². The third-order valence-electron chi connectivity index (χ3n) is 3.40. The highest BCUT2D eigenvalue weighted by Gasteiger charge is 2.30. The van der Waals surface area contributed by atoms with Crippen molar-refractivity contribution in [3.63, 3.8) is 0 Å². The van der Waals surface area contributed by atoms with Crippen molar-refractivity contribution < 1.29 is 9.84 Å². The number of allylic oxidation sites excluding steroid dienone is 3. The summed E-state index contributed by atoms with van der Waals surface area (Å²) in [5.41, 5.74) is 2.80. The average Bonchev–Trinajstić information content (AvgIpc) is 2.66. The van der Waals surface area contributed by atoms with Crippen LogP contribution < -0.4 is 0 Å². The van der Waals surface area contributed by atoms with E-state index in [2.05, 4.69) is 37.8 Å². The van der Waals surface area contributed by atoms with E-state index in [1.165, 1.54) is 11.1 Å². The lowest BCUT2D eigenvalue weighted by Crippen LogP contribution is -2.25. The average molecular weight is 253 g/mol. The Hall–Kier alpha value is -0.640. The quantitative estimate of drug-likeness (QED) is 0.738. The molecule has 0 radical (unpaired) electrons. The maximum Gasteiger partial charge on any atom is 0.0969 e. The topological polar surface area (TPSA) is 32.7 Å². The molecule has 1 rings (SSSR count). The van der Waals surface area contributed by atoms with Crippen LogP contribution in [0.2, 0.25) is 0 Å². The molecule has 0 aromatic heterocycles. The number of aliphatic hydroxyl groups excluding tert-OH is 1. The van der Waals surface area contributed by atoms with Gasteiger partial charge in [-0.05, 0) is 33.6 Å². The zero-order valence-electron chi connectivity index (χ0n) is 12.1. The largest absolute Gasteiger partial charge is 0.389 e. The van der Waals surface area contributed by atoms with Gasteiger partial charge in [0.2, 0.25) is 0 Å². The molecular weight excluding hydrogens is 226 g/mol. The van der Waals surface area contributed by atoms with Gasteiger partial charge in [0.25, 0.3) is 0 Å². The fourth-order valence-corrected chi connectivity index (χ4v) is 2.19. The van der Waals surface area contributed by atoms with Gasteiger partial charge in [-0.25, -0.2) is 0 Å². The van der Waals surface area contributed by atoms with Crippen LogP contribution in [0.15, 0.2) is 23.3 Å². The molecule has 18 heavy (non-hydrogen) atoms. The lowest BCUT2D eigenvalue weighted by molar-refractivity contribution is 0.0215. The molecule has 0 bridgehead atoms. The van der Waals surface area contributed by atoms with Crippen molar-refractivity contribution >= 4 is 0 Å². The maximum absolute atomic E-state index is 9.73. The number of β-amino-alcohol motifs (C(OH)–C–C–N with tert-alkyl or cyclic N) is 1. The van der Waals surface area contributed by atoms with Crippen LogP contribution in [0.25, 0.3) is 0 Å². The smallest absolute Gasteiger partial charge is 0.0969 e. The van der Waals surface area contributed by atoms with Crippen molar-refractivity contribution in [3.8, 4) is 0 Å². The molecule has 0 saturated carbocycles. The van der Waals surface area contributed by atoms with Gasteiger partial charge < -0.3 is 9.84 Å². The van der Waals surface area contributed by atoms with Crippen LogP contribution in [0, 0.1) is 0 Å². The van der Waals surface area contributed by atoms with Crippen LogP contribution in [0.5, 0.6) is 0 Å². The third-order valence-corrected chi connectivity index (χ3v) is 3.40. The summed E-state index contributed by atoms with van der Waals surface area (Å²) in [6, 6.07) is 0. The van der Waals surface area contributed by atoms with Crippen molar-refractivity contribution in [1.82, 2.24) is 4.90 Å². The summed E-state index contributed by atoms with van der Waals surface area (Å²) in [5, 5.41) is 9.73. The van der Waals surface area contributed by atoms with E-state index < -0.39 is 0 Å². The zero-order chi connectivity index (χ0) is 13.5. The van der Waals surface area contributed by atoms with Crippen molar-refractivity contribution in [1.29, 1.82) is 0 Å². The molecular formula is C15H27NO2. The van der Waals surface area contributed by atoms with Crippen LogP contribution >= 0.6 is 0 Å². The number of ether oxygens (including phenoxy) is 1. The van der Waals surface area contributed by atoms with Gasteiger partial charge in [-0.1, -0.05) is 23.3 Å². The normalized spacial score (nSPS) is 25.5. The Labute approximate surface area is 111 Å². The van der Waals surface area contributed by atoms with Gasteiger partial charge in [-0.2, -0.15) is 0 Å². The highest BCUT2D eigenvalue weighted by Crippen LogP contribution is 2.13. The summed E-state index contributed by atoms with van der Waals surface area (Å²) >= 11 is 0. The number of hydrogen-bond acceptors (Lipinski definition) is 3.